The van der Waals surface area contributed by atoms with Crippen LogP contribution in [0.3, 0.4) is 0 Å². The van der Waals surface area contributed by atoms with Gasteiger partial charge in [-0.25, -0.2) is 8.42 Å². The number of anilines is 1. The molecule has 0 fully saturated rings. The number of benzene rings is 1. The van der Waals surface area contributed by atoms with E-state index in [0.29, 0.717) is 0 Å². The molecular weight excluding hydrogens is 360 g/mol. The van der Waals surface area contributed by atoms with E-state index in [0.717, 1.165) is 11.5 Å². The molecule has 4 N–H and O–H groups in total. The van der Waals surface area contributed by atoms with E-state index < -0.39 is 30.8 Å². The Bertz CT molecular complexity index is 817. The summed E-state index contributed by atoms with van der Waals surface area (Å²) in [5, 5.41) is 3.30. The Labute approximate surface area is 140 Å². The van der Waals surface area contributed by atoms with Gasteiger partial charge in [-0.3, -0.25) is 9.35 Å². The number of carbonyl (C=O) groups is 1. The minimum Gasteiger partial charge on any atom is -0.398 e. The van der Waals surface area contributed by atoms with Crippen molar-refractivity contribution in [3.05, 3.63) is 35.7 Å². The molecule has 0 aliphatic carbocycles. The van der Waals surface area contributed by atoms with E-state index in [1.54, 1.807) is 0 Å². The number of sulfone groups is 1. The smallest absolute Gasteiger partial charge is 0.296 e. The lowest BCUT2D eigenvalue weighted by Crippen LogP contribution is -2.28. The quantitative estimate of drug-likeness (QED) is 0.304. The van der Waals surface area contributed by atoms with E-state index in [1.807, 2.05) is 0 Å². The molecule has 0 heterocycles. The van der Waals surface area contributed by atoms with E-state index >= 15 is 0 Å². The van der Waals surface area contributed by atoms with Crippen LogP contribution >= 0.6 is 0 Å². The van der Waals surface area contributed by atoms with Crippen molar-refractivity contribution in [3.8, 4) is 0 Å². The minimum atomic E-state index is -4.53. The number of nitrogen functional groups attached to an aromatic ring is 1. The van der Waals surface area contributed by atoms with Crippen molar-refractivity contribution in [3.63, 3.8) is 0 Å². The molecule has 1 aromatic carbocycles. The van der Waals surface area contributed by atoms with Crippen molar-refractivity contribution >= 4 is 31.5 Å². The molecule has 1 aromatic rings. The summed E-state index contributed by atoms with van der Waals surface area (Å²) in [5.41, 5.74) is 5.24. The molecule has 24 heavy (non-hydrogen) atoms. The lowest BCUT2D eigenvalue weighted by Gasteiger charge is -2.08. The van der Waals surface area contributed by atoms with Gasteiger partial charge in [0.05, 0.1) is 24.7 Å². The molecule has 0 aliphatic heterocycles. The third-order valence-corrected chi connectivity index (χ3v) is 5.00. The third-order valence-electron chi connectivity index (χ3n) is 2.85. The molecule has 1 rings (SSSR count). The van der Waals surface area contributed by atoms with E-state index in [1.165, 1.54) is 12.1 Å². The molecule has 9 nitrogen and oxygen atoms in total. The van der Waals surface area contributed by atoms with Crippen molar-refractivity contribution in [1.29, 1.82) is 0 Å². The Kier molecular flexibility index (Phi) is 6.90. The maximum absolute atomic E-state index is 11.9. The van der Waals surface area contributed by atoms with Crippen LogP contribution in [0.5, 0.6) is 0 Å². The van der Waals surface area contributed by atoms with Crippen molar-refractivity contribution < 1.29 is 30.9 Å². The first-order valence-corrected chi connectivity index (χ1v) is 9.80. The lowest BCUT2D eigenvalue weighted by molar-refractivity contribution is 0.0923. The highest BCUT2D eigenvalue weighted by atomic mass is 32.2. The van der Waals surface area contributed by atoms with Crippen LogP contribution in [-0.2, 0) is 24.7 Å². The molecule has 0 aromatic heterocycles. The molecule has 0 bridgehead atoms. The zero-order valence-electron chi connectivity index (χ0n) is 12.6. The highest BCUT2D eigenvalue weighted by Gasteiger charge is 2.16. The molecule has 0 unspecified atom stereocenters. The Morgan fingerprint density at radius 2 is 1.96 bits per heavy atom. The number of hydrogen-bond acceptors (Lipinski definition) is 7. The number of amides is 1. The number of nitrogens with two attached hydrogens (primary N) is 1. The number of rotatable bonds is 9. The van der Waals surface area contributed by atoms with E-state index in [4.69, 9.17) is 15.0 Å². The lowest BCUT2D eigenvalue weighted by atomic mass is 10.2. The van der Waals surface area contributed by atoms with Gasteiger partial charge in [-0.15, -0.1) is 0 Å². The van der Waals surface area contributed by atoms with E-state index in [9.17, 15) is 21.6 Å². The Hall–Kier alpha value is -1.95. The second-order valence-corrected chi connectivity index (χ2v) is 8.09. The Morgan fingerprint density at radius 1 is 1.29 bits per heavy atom. The first-order valence-electron chi connectivity index (χ1n) is 6.65. The second kappa shape index (κ2) is 8.24. The van der Waals surface area contributed by atoms with Gasteiger partial charge in [0.1, 0.15) is 4.90 Å². The molecule has 0 aliphatic rings. The highest BCUT2D eigenvalue weighted by molar-refractivity contribution is 7.94. The monoisotopic (exact) mass is 378 g/mol. The van der Waals surface area contributed by atoms with Gasteiger partial charge in [0.25, 0.3) is 16.0 Å². The van der Waals surface area contributed by atoms with Crippen LogP contribution < -0.4 is 11.1 Å². The fraction of sp³-hybridized carbons (Fsp3) is 0.308. The largest absolute Gasteiger partial charge is 0.398 e. The first-order chi connectivity index (χ1) is 11.1. The number of nitrogens with one attached hydrogen (secondary N) is 1. The molecule has 11 heteroatoms. The van der Waals surface area contributed by atoms with Crippen molar-refractivity contribution in [2.75, 3.05) is 31.2 Å². The summed E-state index contributed by atoms with van der Waals surface area (Å²) in [6, 6.07) is 3.45. The Balaban J connectivity index is 2.51. The molecule has 0 radical (unpaired) electrons. The van der Waals surface area contributed by atoms with Gasteiger partial charge in [-0.1, -0.05) is 6.58 Å². The average molecular weight is 378 g/mol. The van der Waals surface area contributed by atoms with Crippen LogP contribution in [0.1, 0.15) is 10.4 Å². The minimum absolute atomic E-state index is 0.00828. The molecule has 1 amide bonds. The molecule has 134 valence electrons. The van der Waals surface area contributed by atoms with Crippen molar-refractivity contribution in [2.24, 2.45) is 0 Å². The molecule has 0 saturated heterocycles. The highest BCUT2D eigenvalue weighted by Crippen LogP contribution is 2.19. The fourth-order valence-corrected chi connectivity index (χ4v) is 2.76. The fourth-order valence-electron chi connectivity index (χ4n) is 1.60. The third kappa shape index (κ3) is 6.28. The van der Waals surface area contributed by atoms with Crippen LogP contribution in [0, 0.1) is 0 Å². The maximum atomic E-state index is 11.9. The standard InChI is InChI=1S/C13H18N2O7S2/c1-2-23(17,18)8-7-22-6-5-15-13(16)10-3-4-11(14)12(9-10)24(19,20)21/h2-4,9H,1,5-8,14H2,(H,15,16)(H,19,20,21). The number of hydrogen-bond donors (Lipinski definition) is 3. The predicted octanol–water partition coefficient (Wildman–Crippen LogP) is -0.180. The van der Waals surface area contributed by atoms with Crippen LogP contribution in [-0.4, -0.2) is 52.8 Å². The summed E-state index contributed by atoms with van der Waals surface area (Å²) in [6.07, 6.45) is 0. The second-order valence-electron chi connectivity index (χ2n) is 4.63. The van der Waals surface area contributed by atoms with Crippen LogP contribution in [0.15, 0.2) is 35.1 Å². The van der Waals surface area contributed by atoms with Gasteiger partial charge in [0, 0.05) is 17.5 Å². The van der Waals surface area contributed by atoms with Crippen LogP contribution in [0.4, 0.5) is 5.69 Å². The van der Waals surface area contributed by atoms with E-state index in [-0.39, 0.29) is 36.8 Å². The van der Waals surface area contributed by atoms with Gasteiger partial charge in [-0.2, -0.15) is 8.42 Å². The predicted molar refractivity (Wildman–Crippen MR) is 87.8 cm³/mol. The topological polar surface area (TPSA) is 153 Å². The summed E-state index contributed by atoms with van der Waals surface area (Å²) in [7, 11) is -7.86. The molecule has 0 saturated carbocycles. The van der Waals surface area contributed by atoms with Gasteiger partial charge < -0.3 is 15.8 Å². The number of carbonyl (C=O) groups excluding carboxylic acids is 1. The van der Waals surface area contributed by atoms with E-state index in [2.05, 4.69) is 11.9 Å². The SMILES string of the molecule is C=CS(=O)(=O)CCOCCNC(=O)c1ccc(N)c(S(=O)(=O)O)c1. The normalized spacial score (nSPS) is 11.9. The zero-order valence-corrected chi connectivity index (χ0v) is 14.3. The number of ether oxygens (including phenoxy) is 1. The summed E-state index contributed by atoms with van der Waals surface area (Å²) < 4.78 is 58.6. The molecule has 0 spiro atoms. The van der Waals surface area contributed by atoms with Gasteiger partial charge in [-0.05, 0) is 18.2 Å². The van der Waals surface area contributed by atoms with Crippen molar-refractivity contribution in [2.45, 2.75) is 4.90 Å². The summed E-state index contributed by atoms with van der Waals surface area (Å²) in [4.78, 5) is 11.3. The maximum Gasteiger partial charge on any atom is 0.296 e. The summed E-state index contributed by atoms with van der Waals surface area (Å²) in [5.74, 6) is -0.803. The summed E-state index contributed by atoms with van der Waals surface area (Å²) in [6.45, 7) is 3.27. The average Bonchev–Trinajstić information content (AvgIpc) is 2.49. The Morgan fingerprint density at radius 3 is 2.54 bits per heavy atom. The van der Waals surface area contributed by atoms with Crippen LogP contribution in [0.25, 0.3) is 0 Å². The molecular formula is C13H18N2O7S2. The van der Waals surface area contributed by atoms with Crippen LogP contribution in [0.2, 0.25) is 0 Å². The van der Waals surface area contributed by atoms with Gasteiger partial charge in [0.15, 0.2) is 9.84 Å². The van der Waals surface area contributed by atoms with Crippen molar-refractivity contribution in [1.82, 2.24) is 5.32 Å². The van der Waals surface area contributed by atoms with Gasteiger partial charge >= 0.3 is 0 Å². The summed E-state index contributed by atoms with van der Waals surface area (Å²) >= 11 is 0. The van der Waals surface area contributed by atoms with Gasteiger partial charge in [0.2, 0.25) is 0 Å². The zero-order chi connectivity index (χ0) is 18.4. The molecule has 0 atom stereocenters. The first kappa shape index (κ1) is 20.1.